The van der Waals surface area contributed by atoms with Crippen molar-refractivity contribution in [1.82, 2.24) is 0 Å². The fourth-order valence-corrected chi connectivity index (χ4v) is 1.54. The van der Waals surface area contributed by atoms with Crippen LogP contribution in [0.3, 0.4) is 0 Å². The van der Waals surface area contributed by atoms with Crippen molar-refractivity contribution in [2.24, 2.45) is 11.7 Å². The topological polar surface area (TPSA) is 26.0 Å². The summed E-state index contributed by atoms with van der Waals surface area (Å²) in [7, 11) is 0. The molecule has 2 rings (SSSR count). The predicted octanol–water partition coefficient (Wildman–Crippen LogP) is 3.91. The Kier molecular flexibility index (Phi) is 5.78. The Morgan fingerprint density at radius 3 is 2.43 bits per heavy atom. The molecule has 0 bridgehead atoms. The molecule has 2 atom stereocenters. The summed E-state index contributed by atoms with van der Waals surface area (Å²) in [5, 5.41) is 0. The second-order valence-electron chi connectivity index (χ2n) is 3.35. The van der Waals surface area contributed by atoms with Crippen LogP contribution in [0.25, 0.3) is 0 Å². The lowest BCUT2D eigenvalue weighted by Crippen LogP contribution is -2.22. The highest BCUT2D eigenvalue weighted by Gasteiger charge is 2.48. The van der Waals surface area contributed by atoms with Crippen LogP contribution in [-0.4, -0.2) is 5.54 Å². The Hall–Kier alpha value is -0.560. The van der Waals surface area contributed by atoms with Gasteiger partial charge in [-0.1, -0.05) is 58.4 Å². The molecule has 1 heteroatoms. The first-order valence-corrected chi connectivity index (χ1v) is 5.93. The third kappa shape index (κ3) is 2.98. The zero-order valence-electron chi connectivity index (χ0n) is 10.3. The molecule has 1 saturated carbocycles. The molecule has 1 nitrogen and oxygen atoms in total. The lowest BCUT2D eigenvalue weighted by atomic mass is 10.0. The van der Waals surface area contributed by atoms with Crippen LogP contribution < -0.4 is 5.73 Å². The molecule has 1 fully saturated rings. The van der Waals surface area contributed by atoms with Gasteiger partial charge in [0.1, 0.15) is 0 Å². The van der Waals surface area contributed by atoms with E-state index in [2.05, 4.69) is 25.2 Å². The van der Waals surface area contributed by atoms with Crippen molar-refractivity contribution in [2.45, 2.75) is 53.0 Å². The minimum Gasteiger partial charge on any atom is -0.321 e. The van der Waals surface area contributed by atoms with Crippen LogP contribution in [0.15, 0.2) is 23.8 Å². The van der Waals surface area contributed by atoms with E-state index < -0.39 is 0 Å². The molecule has 0 radical (unpaired) electrons. The van der Waals surface area contributed by atoms with Gasteiger partial charge in [-0.15, -0.1) is 0 Å². The van der Waals surface area contributed by atoms with Gasteiger partial charge in [-0.25, -0.2) is 0 Å². The average Bonchev–Trinajstić information content (AvgIpc) is 2.94. The van der Waals surface area contributed by atoms with Crippen LogP contribution in [0, 0.1) is 5.92 Å². The number of allylic oxidation sites excluding steroid dienone is 2. The largest absolute Gasteiger partial charge is 0.321 e. The maximum absolute atomic E-state index is 5.94. The molecule has 2 aliphatic rings. The predicted molar refractivity (Wildman–Crippen MR) is 67.3 cm³/mol. The molecular formula is C13H27N. The molecule has 0 aromatic carbocycles. The molecule has 0 aromatic rings. The van der Waals surface area contributed by atoms with E-state index in [-0.39, 0.29) is 6.97 Å². The number of rotatable bonds is 1. The number of nitrogens with two attached hydrogens (primary N) is 1. The van der Waals surface area contributed by atoms with E-state index in [0.717, 1.165) is 12.8 Å². The van der Waals surface area contributed by atoms with Crippen LogP contribution >= 0.6 is 0 Å². The normalized spacial score (nSPS) is 31.3. The van der Waals surface area contributed by atoms with E-state index in [1.54, 1.807) is 0 Å². The van der Waals surface area contributed by atoms with Gasteiger partial charge in [0.05, 0.1) is 0 Å². The lowest BCUT2D eigenvalue weighted by molar-refractivity contribution is 0.781. The van der Waals surface area contributed by atoms with E-state index in [1.165, 1.54) is 5.57 Å². The minimum absolute atomic E-state index is 0. The molecular weight excluding hydrogens is 170 g/mol. The quantitative estimate of drug-likeness (QED) is 0.677. The van der Waals surface area contributed by atoms with Gasteiger partial charge >= 0.3 is 0 Å². The maximum atomic E-state index is 5.94. The summed E-state index contributed by atoms with van der Waals surface area (Å²) in [6, 6.07) is 0. The second kappa shape index (κ2) is 6.02. The number of hydrogen-bond acceptors (Lipinski definition) is 1. The van der Waals surface area contributed by atoms with Gasteiger partial charge < -0.3 is 5.73 Å². The first kappa shape index (κ1) is 13.4. The standard InChI is InChI=1S/C9H13N.2C2H6.H2/c1-2-7-3-4-9(10)6-8(9)5-7;2*1-2;/h3-5,8H,2,6,10H2,1H3;2*1-2H3;1H. The summed E-state index contributed by atoms with van der Waals surface area (Å²) in [6.07, 6.45) is 8.95. The van der Waals surface area contributed by atoms with Gasteiger partial charge in [0, 0.05) is 12.9 Å². The molecule has 84 valence electrons. The van der Waals surface area contributed by atoms with Crippen LogP contribution in [0.2, 0.25) is 0 Å². The summed E-state index contributed by atoms with van der Waals surface area (Å²) in [4.78, 5) is 0. The Labute approximate surface area is 90.6 Å². The molecule has 2 N–H and O–H groups in total. The van der Waals surface area contributed by atoms with Gasteiger partial charge in [0.15, 0.2) is 0 Å². The van der Waals surface area contributed by atoms with E-state index in [4.69, 9.17) is 5.73 Å². The zero-order chi connectivity index (χ0) is 11.2. The average molecular weight is 197 g/mol. The SMILES string of the molecule is CC.CC.CCC1=CC2CC2(N)C=C1.[HH]. The summed E-state index contributed by atoms with van der Waals surface area (Å²) in [6.45, 7) is 10.2. The molecule has 0 aromatic heterocycles. The van der Waals surface area contributed by atoms with Crippen molar-refractivity contribution in [3.63, 3.8) is 0 Å². The Morgan fingerprint density at radius 1 is 1.43 bits per heavy atom. The monoisotopic (exact) mass is 197 g/mol. The molecule has 0 spiro atoms. The highest BCUT2D eigenvalue weighted by Crippen LogP contribution is 2.46. The third-order valence-electron chi connectivity index (χ3n) is 2.53. The Balaban J connectivity index is 0. The van der Waals surface area contributed by atoms with Crippen molar-refractivity contribution in [2.75, 3.05) is 0 Å². The van der Waals surface area contributed by atoms with Crippen molar-refractivity contribution in [3.8, 4) is 0 Å². The minimum atomic E-state index is 0. The summed E-state index contributed by atoms with van der Waals surface area (Å²) in [5.41, 5.74) is 7.45. The fourth-order valence-electron chi connectivity index (χ4n) is 1.54. The molecule has 0 saturated heterocycles. The first-order chi connectivity index (χ1) is 6.74. The Bertz CT molecular complexity index is 221. The Morgan fingerprint density at radius 2 is 2.00 bits per heavy atom. The third-order valence-corrected chi connectivity index (χ3v) is 2.53. The molecule has 2 unspecified atom stereocenters. The van der Waals surface area contributed by atoms with Crippen molar-refractivity contribution in [3.05, 3.63) is 23.8 Å². The smallest absolute Gasteiger partial charge is 0.0413 e. The number of fused-ring (bicyclic) bond motifs is 1. The molecule has 0 heterocycles. The van der Waals surface area contributed by atoms with Gasteiger partial charge in [-0.3, -0.25) is 0 Å². The molecule has 0 aliphatic heterocycles. The van der Waals surface area contributed by atoms with Gasteiger partial charge in [0.25, 0.3) is 0 Å². The summed E-state index contributed by atoms with van der Waals surface area (Å²) in [5.74, 6) is 0.660. The van der Waals surface area contributed by atoms with Crippen molar-refractivity contribution < 1.29 is 1.43 Å². The van der Waals surface area contributed by atoms with Crippen LogP contribution in [0.5, 0.6) is 0 Å². The highest BCUT2D eigenvalue weighted by molar-refractivity contribution is 5.38. The second-order valence-corrected chi connectivity index (χ2v) is 3.35. The van der Waals surface area contributed by atoms with Gasteiger partial charge in [-0.2, -0.15) is 0 Å². The van der Waals surface area contributed by atoms with Crippen LogP contribution in [-0.2, 0) is 0 Å². The van der Waals surface area contributed by atoms with E-state index in [1.807, 2.05) is 27.7 Å². The summed E-state index contributed by atoms with van der Waals surface area (Å²) >= 11 is 0. The van der Waals surface area contributed by atoms with Crippen molar-refractivity contribution in [1.29, 1.82) is 0 Å². The summed E-state index contributed by atoms with van der Waals surface area (Å²) < 4.78 is 0. The van der Waals surface area contributed by atoms with Gasteiger partial charge in [0.2, 0.25) is 0 Å². The van der Waals surface area contributed by atoms with Crippen molar-refractivity contribution >= 4 is 0 Å². The number of hydrogen-bond donors (Lipinski definition) is 1. The van der Waals surface area contributed by atoms with Crippen LogP contribution in [0.4, 0.5) is 0 Å². The molecule has 0 amide bonds. The molecule has 14 heavy (non-hydrogen) atoms. The highest BCUT2D eigenvalue weighted by atomic mass is 14.8. The molecule has 2 aliphatic carbocycles. The maximum Gasteiger partial charge on any atom is 0.0413 e. The van der Waals surface area contributed by atoms with Crippen LogP contribution in [0.1, 0.15) is 48.9 Å². The lowest BCUT2D eigenvalue weighted by Gasteiger charge is -2.09. The van der Waals surface area contributed by atoms with E-state index in [0.29, 0.717) is 5.92 Å². The first-order valence-electron chi connectivity index (χ1n) is 5.93. The van der Waals surface area contributed by atoms with Gasteiger partial charge in [-0.05, 0) is 12.8 Å². The fraction of sp³-hybridized carbons (Fsp3) is 0.692. The van der Waals surface area contributed by atoms with E-state index in [9.17, 15) is 0 Å². The van der Waals surface area contributed by atoms with E-state index >= 15 is 0 Å². The zero-order valence-corrected chi connectivity index (χ0v) is 10.3.